The van der Waals surface area contributed by atoms with Gasteiger partial charge in [-0.2, -0.15) is 0 Å². The third-order valence-corrected chi connectivity index (χ3v) is 5.25. The SMILES string of the molecule is C=C(C)c1cc(CCC(C)C)c(C)c(/N=C(C)/C(C)=C/c2cccnc2C)c1. The van der Waals surface area contributed by atoms with Crippen LogP contribution in [0.5, 0.6) is 0 Å². The summed E-state index contributed by atoms with van der Waals surface area (Å²) >= 11 is 0. The molecule has 2 rings (SSSR count). The summed E-state index contributed by atoms with van der Waals surface area (Å²) in [4.78, 5) is 9.37. The van der Waals surface area contributed by atoms with Gasteiger partial charge < -0.3 is 0 Å². The van der Waals surface area contributed by atoms with Gasteiger partial charge in [0.2, 0.25) is 0 Å². The van der Waals surface area contributed by atoms with E-state index in [1.807, 2.05) is 19.2 Å². The molecule has 0 radical (unpaired) electrons. The number of nitrogens with zero attached hydrogens (tertiary/aromatic N) is 2. The third kappa shape index (κ3) is 5.76. The van der Waals surface area contributed by atoms with E-state index in [0.29, 0.717) is 5.92 Å². The lowest BCUT2D eigenvalue weighted by Gasteiger charge is -2.14. The fourth-order valence-corrected chi connectivity index (χ4v) is 3.08. The summed E-state index contributed by atoms with van der Waals surface area (Å²) < 4.78 is 0. The highest BCUT2D eigenvalue weighted by atomic mass is 14.7. The zero-order chi connectivity index (χ0) is 20.8. The van der Waals surface area contributed by atoms with Crippen LogP contribution in [0.1, 0.15) is 69.0 Å². The van der Waals surface area contributed by atoms with Crippen molar-refractivity contribution in [3.05, 3.63) is 70.6 Å². The molecule has 0 amide bonds. The molecule has 0 atom stereocenters. The first kappa shape index (κ1) is 21.8. The molecule has 0 aliphatic rings. The first-order valence-corrected chi connectivity index (χ1v) is 10.1. The molecule has 1 aromatic heterocycles. The lowest BCUT2D eigenvalue weighted by molar-refractivity contribution is 0.586. The number of pyridine rings is 1. The van der Waals surface area contributed by atoms with Gasteiger partial charge in [0.25, 0.3) is 0 Å². The number of aromatic nitrogens is 1. The first-order valence-electron chi connectivity index (χ1n) is 10.1. The topological polar surface area (TPSA) is 25.2 Å². The lowest BCUT2D eigenvalue weighted by atomic mass is 9.94. The predicted molar refractivity (Wildman–Crippen MR) is 124 cm³/mol. The van der Waals surface area contributed by atoms with Crippen molar-refractivity contribution in [1.82, 2.24) is 4.98 Å². The van der Waals surface area contributed by atoms with Gasteiger partial charge in [-0.3, -0.25) is 9.98 Å². The number of benzene rings is 1. The molecule has 1 heterocycles. The van der Waals surface area contributed by atoms with Crippen LogP contribution in [0.15, 0.2) is 47.6 Å². The minimum absolute atomic E-state index is 0.689. The van der Waals surface area contributed by atoms with Crippen LogP contribution in [0.3, 0.4) is 0 Å². The zero-order valence-electron chi connectivity index (χ0n) is 18.6. The molecule has 0 spiro atoms. The standard InChI is InChI=1S/C26H34N2/c1-17(2)11-12-23-15-25(18(3)4)16-26(20(23)6)28-21(7)19(5)14-24-10-9-13-27-22(24)8/h9-10,13-17H,3,11-12H2,1-2,4-8H3/b19-14+,28-21+. The van der Waals surface area contributed by atoms with Crippen molar-refractivity contribution in [3.8, 4) is 0 Å². The fraction of sp³-hybridized carbons (Fsp3) is 0.385. The van der Waals surface area contributed by atoms with E-state index in [1.165, 1.54) is 23.1 Å². The average molecular weight is 375 g/mol. The van der Waals surface area contributed by atoms with Gasteiger partial charge in [0, 0.05) is 17.6 Å². The van der Waals surface area contributed by atoms with Gasteiger partial charge in [-0.05, 0) is 99.4 Å². The van der Waals surface area contributed by atoms with Gasteiger partial charge in [0.15, 0.2) is 0 Å². The van der Waals surface area contributed by atoms with Crippen molar-refractivity contribution < 1.29 is 0 Å². The Labute approximate surface area is 171 Å². The summed E-state index contributed by atoms with van der Waals surface area (Å²) in [7, 11) is 0. The van der Waals surface area contributed by atoms with Crippen molar-refractivity contribution in [2.75, 3.05) is 0 Å². The molecular weight excluding hydrogens is 340 g/mol. The molecule has 2 aromatic rings. The second-order valence-corrected chi connectivity index (χ2v) is 8.19. The number of aryl methyl sites for hydroxylation is 2. The van der Waals surface area contributed by atoms with E-state index in [1.54, 1.807) is 0 Å². The van der Waals surface area contributed by atoms with E-state index in [9.17, 15) is 0 Å². The number of allylic oxidation sites excluding steroid dienone is 2. The Bertz CT molecular complexity index is 914. The van der Waals surface area contributed by atoms with Crippen molar-refractivity contribution in [3.63, 3.8) is 0 Å². The van der Waals surface area contributed by atoms with Crippen LogP contribution in [0.2, 0.25) is 0 Å². The highest BCUT2D eigenvalue weighted by Crippen LogP contribution is 2.30. The number of aliphatic imine (C=N–C) groups is 1. The Hall–Kier alpha value is -2.48. The molecule has 1 aromatic carbocycles. The van der Waals surface area contributed by atoms with Gasteiger partial charge in [-0.25, -0.2) is 0 Å². The molecule has 148 valence electrons. The normalized spacial score (nSPS) is 12.6. The molecule has 2 nitrogen and oxygen atoms in total. The fourth-order valence-electron chi connectivity index (χ4n) is 3.08. The Morgan fingerprint density at radius 2 is 1.89 bits per heavy atom. The second-order valence-electron chi connectivity index (χ2n) is 8.19. The molecule has 2 heteroatoms. The first-order chi connectivity index (χ1) is 13.2. The van der Waals surface area contributed by atoms with Crippen LogP contribution in [0.4, 0.5) is 5.69 Å². The van der Waals surface area contributed by atoms with Crippen molar-refractivity contribution in [2.24, 2.45) is 10.9 Å². The maximum atomic E-state index is 5.00. The van der Waals surface area contributed by atoms with Gasteiger partial charge in [-0.1, -0.05) is 38.1 Å². The van der Waals surface area contributed by atoms with Gasteiger partial charge in [0.1, 0.15) is 0 Å². The molecule has 0 unspecified atom stereocenters. The van der Waals surface area contributed by atoms with Gasteiger partial charge >= 0.3 is 0 Å². The highest BCUT2D eigenvalue weighted by molar-refractivity contribution is 6.03. The summed E-state index contributed by atoms with van der Waals surface area (Å²) in [6.07, 6.45) is 6.25. The largest absolute Gasteiger partial charge is 0.261 e. The minimum Gasteiger partial charge on any atom is -0.261 e. The molecule has 0 saturated heterocycles. The van der Waals surface area contributed by atoms with Crippen molar-refractivity contribution in [2.45, 2.75) is 61.3 Å². The van der Waals surface area contributed by atoms with E-state index in [0.717, 1.165) is 40.2 Å². The van der Waals surface area contributed by atoms with E-state index in [-0.39, 0.29) is 0 Å². The Kier molecular flexibility index (Phi) is 7.51. The molecule has 0 N–H and O–H groups in total. The molecular formula is C26H34N2. The highest BCUT2D eigenvalue weighted by Gasteiger charge is 2.10. The van der Waals surface area contributed by atoms with Crippen LogP contribution < -0.4 is 0 Å². The lowest BCUT2D eigenvalue weighted by Crippen LogP contribution is -1.99. The number of hydrogen-bond acceptors (Lipinski definition) is 2. The van der Waals surface area contributed by atoms with Crippen LogP contribution >= 0.6 is 0 Å². The maximum Gasteiger partial charge on any atom is 0.0670 e. The molecule has 0 aliphatic carbocycles. The molecule has 0 fully saturated rings. The zero-order valence-corrected chi connectivity index (χ0v) is 18.6. The van der Waals surface area contributed by atoms with E-state index in [4.69, 9.17) is 4.99 Å². The van der Waals surface area contributed by atoms with Gasteiger partial charge in [-0.15, -0.1) is 0 Å². The predicted octanol–water partition coefficient (Wildman–Crippen LogP) is 7.52. The molecule has 28 heavy (non-hydrogen) atoms. The van der Waals surface area contributed by atoms with E-state index >= 15 is 0 Å². The van der Waals surface area contributed by atoms with Crippen LogP contribution in [0, 0.1) is 19.8 Å². The summed E-state index contributed by atoms with van der Waals surface area (Å²) in [6.45, 7) is 19.2. The molecule has 0 aliphatic heterocycles. The summed E-state index contributed by atoms with van der Waals surface area (Å²) in [5.74, 6) is 0.689. The Morgan fingerprint density at radius 3 is 2.50 bits per heavy atom. The average Bonchev–Trinajstić information content (AvgIpc) is 2.63. The van der Waals surface area contributed by atoms with Crippen molar-refractivity contribution >= 4 is 23.0 Å². The minimum atomic E-state index is 0.689. The quantitative estimate of drug-likeness (QED) is 0.460. The Balaban J connectivity index is 2.44. The molecule has 0 bridgehead atoms. The number of hydrogen-bond donors (Lipinski definition) is 0. The number of rotatable bonds is 7. The molecule has 0 saturated carbocycles. The smallest absolute Gasteiger partial charge is 0.0670 e. The van der Waals surface area contributed by atoms with E-state index < -0.39 is 0 Å². The van der Waals surface area contributed by atoms with Crippen LogP contribution in [-0.4, -0.2) is 10.7 Å². The summed E-state index contributed by atoms with van der Waals surface area (Å²) in [6, 6.07) is 8.52. The van der Waals surface area contributed by atoms with Crippen molar-refractivity contribution in [1.29, 1.82) is 0 Å². The third-order valence-electron chi connectivity index (χ3n) is 5.25. The summed E-state index contributed by atoms with van der Waals surface area (Å²) in [5, 5.41) is 0. The maximum absolute atomic E-state index is 5.00. The Morgan fingerprint density at radius 1 is 1.18 bits per heavy atom. The van der Waals surface area contributed by atoms with Gasteiger partial charge in [0.05, 0.1) is 5.69 Å². The summed E-state index contributed by atoms with van der Waals surface area (Å²) in [5.41, 5.74) is 10.3. The van der Waals surface area contributed by atoms with E-state index in [2.05, 4.69) is 77.4 Å². The monoisotopic (exact) mass is 374 g/mol. The van der Waals surface area contributed by atoms with Crippen LogP contribution in [0.25, 0.3) is 11.6 Å². The second kappa shape index (κ2) is 9.64. The van der Waals surface area contributed by atoms with Crippen LogP contribution in [-0.2, 0) is 6.42 Å².